The van der Waals surface area contributed by atoms with E-state index in [-0.39, 0.29) is 11.2 Å². The molecule has 1 aromatic carbocycles. The molecule has 0 saturated heterocycles. The van der Waals surface area contributed by atoms with Gasteiger partial charge < -0.3 is 0 Å². The van der Waals surface area contributed by atoms with Crippen LogP contribution in [0.2, 0.25) is 0 Å². The Morgan fingerprint density at radius 2 is 1.53 bits per heavy atom. The lowest BCUT2D eigenvalue weighted by atomic mass is 9.70. The number of carbonyl (C=O) groups excluding carboxylic acids is 1. The summed E-state index contributed by atoms with van der Waals surface area (Å²) in [5.74, 6) is 0.265. The topological polar surface area (TPSA) is 17.1 Å². The maximum absolute atomic E-state index is 11.3. The van der Waals surface area contributed by atoms with Gasteiger partial charge in [0.25, 0.3) is 0 Å². The van der Waals surface area contributed by atoms with E-state index in [4.69, 9.17) is 0 Å². The summed E-state index contributed by atoms with van der Waals surface area (Å²) >= 11 is 0. The van der Waals surface area contributed by atoms with Crippen LogP contribution in [0.25, 0.3) is 0 Å². The number of allylic oxidation sites excluding steroid dienone is 2. The van der Waals surface area contributed by atoms with E-state index in [2.05, 4.69) is 38.1 Å². The molecule has 1 heteroatoms. The van der Waals surface area contributed by atoms with Crippen LogP contribution in [0.4, 0.5) is 0 Å². The second-order valence-electron chi connectivity index (χ2n) is 4.49. The third-order valence-corrected chi connectivity index (χ3v) is 3.53. The van der Waals surface area contributed by atoms with Gasteiger partial charge in [-0.05, 0) is 25.0 Å². The van der Waals surface area contributed by atoms with Crippen LogP contribution >= 0.6 is 0 Å². The van der Waals surface area contributed by atoms with Gasteiger partial charge in [0.1, 0.15) is 0 Å². The Bertz CT molecular complexity index is 403. The summed E-state index contributed by atoms with van der Waals surface area (Å²) in [6, 6.07) is 10.4. The Morgan fingerprint density at radius 1 is 1.00 bits per heavy atom. The molecule has 1 aliphatic rings. The third-order valence-electron chi connectivity index (χ3n) is 3.53. The number of hydrogen-bond acceptors (Lipinski definition) is 1. The van der Waals surface area contributed by atoms with Crippen LogP contribution in [0, 0.1) is 0 Å². The first-order valence-electron chi connectivity index (χ1n) is 7.40. The third kappa shape index (κ3) is 4.34. The Kier molecular flexibility index (Phi) is 8.06. The number of hydrogen-bond donors (Lipinski definition) is 0. The molecule has 0 fully saturated rings. The van der Waals surface area contributed by atoms with Gasteiger partial charge in [0.05, 0.1) is 0 Å². The van der Waals surface area contributed by atoms with Gasteiger partial charge in [0, 0.05) is 11.8 Å². The molecule has 0 amide bonds. The number of rotatable bonds is 1. The monoisotopic (exact) mass is 260 g/mol. The Morgan fingerprint density at radius 3 is 2.00 bits per heavy atom. The van der Waals surface area contributed by atoms with Gasteiger partial charge in [0.2, 0.25) is 0 Å². The van der Waals surface area contributed by atoms with Crippen molar-refractivity contribution in [2.45, 2.75) is 59.8 Å². The molecule has 2 rings (SSSR count). The van der Waals surface area contributed by atoms with Gasteiger partial charge >= 0.3 is 0 Å². The highest BCUT2D eigenvalue weighted by Gasteiger charge is 2.32. The van der Waals surface area contributed by atoms with E-state index in [1.165, 1.54) is 11.1 Å². The summed E-state index contributed by atoms with van der Waals surface area (Å²) in [6.07, 6.45) is 3.40. The van der Waals surface area contributed by atoms with Crippen molar-refractivity contribution in [2.75, 3.05) is 0 Å². The van der Waals surface area contributed by atoms with Gasteiger partial charge in [-0.15, -0.1) is 0 Å². The summed E-state index contributed by atoms with van der Waals surface area (Å²) < 4.78 is 0. The molecule has 0 N–H and O–H groups in total. The van der Waals surface area contributed by atoms with Gasteiger partial charge in [0.15, 0.2) is 5.78 Å². The van der Waals surface area contributed by atoms with E-state index in [1.807, 2.05) is 33.8 Å². The molecule has 1 nitrogen and oxygen atoms in total. The summed E-state index contributed by atoms with van der Waals surface area (Å²) in [7, 11) is 0. The van der Waals surface area contributed by atoms with Crippen molar-refractivity contribution in [1.29, 1.82) is 0 Å². The highest BCUT2D eigenvalue weighted by Crippen LogP contribution is 2.38. The second-order valence-corrected chi connectivity index (χ2v) is 4.49. The quantitative estimate of drug-likeness (QED) is 0.669. The molecule has 0 heterocycles. The largest absolute Gasteiger partial charge is 0.295 e. The molecule has 19 heavy (non-hydrogen) atoms. The highest BCUT2D eigenvalue weighted by molar-refractivity contribution is 5.92. The van der Waals surface area contributed by atoms with Crippen LogP contribution in [0.1, 0.15) is 59.9 Å². The zero-order valence-electron chi connectivity index (χ0n) is 13.3. The molecule has 0 unspecified atom stereocenters. The van der Waals surface area contributed by atoms with Gasteiger partial charge in [-0.2, -0.15) is 0 Å². The highest BCUT2D eigenvalue weighted by atomic mass is 16.1. The Labute approximate surface area is 118 Å². The SMILES string of the molecule is CC.CC.CC1=CC(=O)CC[C@]1(C)c1ccccc1. The van der Waals surface area contributed by atoms with Crippen LogP contribution in [0.5, 0.6) is 0 Å². The molecule has 0 aromatic heterocycles. The molecule has 1 aromatic rings. The predicted molar refractivity (Wildman–Crippen MR) is 84.5 cm³/mol. The first-order valence-corrected chi connectivity index (χ1v) is 7.40. The summed E-state index contributed by atoms with van der Waals surface area (Å²) in [5.41, 5.74) is 2.55. The van der Waals surface area contributed by atoms with Crippen molar-refractivity contribution in [3.63, 3.8) is 0 Å². The van der Waals surface area contributed by atoms with Crippen molar-refractivity contribution in [1.82, 2.24) is 0 Å². The maximum Gasteiger partial charge on any atom is 0.155 e. The minimum Gasteiger partial charge on any atom is -0.295 e. The fraction of sp³-hybridized carbons (Fsp3) is 0.500. The van der Waals surface area contributed by atoms with Crippen molar-refractivity contribution in [3.05, 3.63) is 47.5 Å². The number of benzene rings is 1. The molecular formula is C18H28O. The normalized spacial score (nSPS) is 21.4. The molecule has 1 aliphatic carbocycles. The minimum atomic E-state index is 0.0508. The van der Waals surface area contributed by atoms with Crippen molar-refractivity contribution < 1.29 is 4.79 Å². The predicted octanol–water partition coefficient (Wildman–Crippen LogP) is 5.31. The Balaban J connectivity index is 0.000000741. The zero-order chi connectivity index (χ0) is 14.9. The fourth-order valence-electron chi connectivity index (χ4n) is 2.22. The van der Waals surface area contributed by atoms with Gasteiger partial charge in [-0.25, -0.2) is 0 Å². The fourth-order valence-corrected chi connectivity index (χ4v) is 2.22. The standard InChI is InChI=1S/C14H16O.2C2H6/c1-11-10-13(15)8-9-14(11,2)12-6-4-3-5-7-12;2*1-2/h3-7,10H,8-9H2,1-2H3;2*1-2H3/t14-;;/m0../s1. The van der Waals surface area contributed by atoms with Crippen LogP contribution in [0.15, 0.2) is 42.0 Å². The lowest BCUT2D eigenvalue weighted by molar-refractivity contribution is -0.115. The zero-order valence-corrected chi connectivity index (χ0v) is 13.3. The Hall–Kier alpha value is -1.37. The first-order chi connectivity index (χ1) is 9.13. The van der Waals surface area contributed by atoms with Crippen LogP contribution in [0.3, 0.4) is 0 Å². The number of ketones is 1. The van der Waals surface area contributed by atoms with Gasteiger partial charge in [-0.1, -0.05) is 70.5 Å². The summed E-state index contributed by atoms with van der Waals surface area (Å²) in [5, 5.41) is 0. The van der Waals surface area contributed by atoms with E-state index in [1.54, 1.807) is 6.08 Å². The first kappa shape index (κ1) is 17.6. The lowest BCUT2D eigenvalue weighted by Gasteiger charge is -2.34. The molecule has 106 valence electrons. The molecule has 1 atom stereocenters. The molecule has 0 radical (unpaired) electrons. The van der Waals surface area contributed by atoms with Crippen LogP contribution in [-0.4, -0.2) is 5.78 Å². The van der Waals surface area contributed by atoms with Crippen molar-refractivity contribution in [3.8, 4) is 0 Å². The average Bonchev–Trinajstić information content (AvgIpc) is 2.48. The van der Waals surface area contributed by atoms with E-state index < -0.39 is 0 Å². The maximum atomic E-state index is 11.3. The van der Waals surface area contributed by atoms with E-state index >= 15 is 0 Å². The van der Waals surface area contributed by atoms with Crippen LogP contribution in [-0.2, 0) is 10.2 Å². The van der Waals surface area contributed by atoms with Crippen molar-refractivity contribution in [2.24, 2.45) is 0 Å². The summed E-state index contributed by atoms with van der Waals surface area (Å²) in [4.78, 5) is 11.3. The van der Waals surface area contributed by atoms with Crippen LogP contribution < -0.4 is 0 Å². The van der Waals surface area contributed by atoms with Gasteiger partial charge in [-0.3, -0.25) is 4.79 Å². The smallest absolute Gasteiger partial charge is 0.155 e. The van der Waals surface area contributed by atoms with E-state index in [0.717, 1.165) is 6.42 Å². The minimum absolute atomic E-state index is 0.0508. The van der Waals surface area contributed by atoms with E-state index in [9.17, 15) is 4.79 Å². The molecular weight excluding hydrogens is 232 g/mol. The summed E-state index contributed by atoms with van der Waals surface area (Å²) in [6.45, 7) is 12.3. The number of carbonyl (C=O) groups is 1. The van der Waals surface area contributed by atoms with E-state index in [0.29, 0.717) is 6.42 Å². The second kappa shape index (κ2) is 8.68. The molecule has 0 aliphatic heterocycles. The lowest BCUT2D eigenvalue weighted by Crippen LogP contribution is -2.28. The average molecular weight is 260 g/mol. The molecule has 0 saturated carbocycles. The molecule has 0 spiro atoms. The van der Waals surface area contributed by atoms with Crippen molar-refractivity contribution >= 4 is 5.78 Å². The molecule has 0 bridgehead atoms.